The van der Waals surface area contributed by atoms with Crippen LogP contribution in [0.1, 0.15) is 41.9 Å². The lowest BCUT2D eigenvalue weighted by Crippen LogP contribution is -2.39. The molecule has 0 fully saturated rings. The molecule has 7 aromatic rings. The second kappa shape index (κ2) is 13.9. The Morgan fingerprint density at radius 3 is 1.71 bits per heavy atom. The number of pyridine rings is 1. The standard InChI is InChI=1S/C42H37ClN6/c1-4-34-29-39(40(43)38(5-2)44-34)48(3)35-27-25-30(26-28-35)36-23-15-16-24-37(36)41-45-47-49(46-41)42(31-17-9-6-10-18-31,32-19-11-7-12-20-32)33-21-13-8-14-22-33/h6-29H,4-5H2,1-3H3. The van der Waals surface area contributed by atoms with Gasteiger partial charge in [0.2, 0.25) is 5.82 Å². The fourth-order valence-electron chi connectivity index (χ4n) is 6.57. The largest absolute Gasteiger partial charge is 0.343 e. The molecule has 6 nitrogen and oxygen atoms in total. The Balaban J connectivity index is 1.30. The Bertz CT molecular complexity index is 2070. The van der Waals surface area contributed by atoms with Crippen molar-refractivity contribution in [2.24, 2.45) is 0 Å². The van der Waals surface area contributed by atoms with Crippen LogP contribution in [0, 0.1) is 0 Å². The fourth-order valence-corrected chi connectivity index (χ4v) is 6.92. The van der Waals surface area contributed by atoms with Crippen LogP contribution in [0.15, 0.2) is 146 Å². The van der Waals surface area contributed by atoms with Crippen LogP contribution in [-0.4, -0.2) is 32.2 Å². The molecule has 0 spiro atoms. The molecule has 0 bridgehead atoms. The van der Waals surface area contributed by atoms with E-state index in [0.29, 0.717) is 10.8 Å². The summed E-state index contributed by atoms with van der Waals surface area (Å²) in [4.78, 5) is 8.62. The van der Waals surface area contributed by atoms with E-state index in [0.717, 1.165) is 69.0 Å². The molecule has 49 heavy (non-hydrogen) atoms. The van der Waals surface area contributed by atoms with E-state index in [2.05, 4.69) is 134 Å². The Kier molecular flexibility index (Phi) is 9.05. The number of anilines is 2. The van der Waals surface area contributed by atoms with Crippen molar-refractivity contribution in [3.63, 3.8) is 0 Å². The van der Waals surface area contributed by atoms with Crippen LogP contribution in [0.25, 0.3) is 22.5 Å². The van der Waals surface area contributed by atoms with Crippen molar-refractivity contribution in [1.29, 1.82) is 0 Å². The second-order valence-electron chi connectivity index (χ2n) is 12.0. The number of hydrogen-bond donors (Lipinski definition) is 0. The molecule has 7 rings (SSSR count). The summed E-state index contributed by atoms with van der Waals surface area (Å²) >= 11 is 6.82. The van der Waals surface area contributed by atoms with Crippen LogP contribution < -0.4 is 4.90 Å². The Morgan fingerprint density at radius 1 is 0.653 bits per heavy atom. The van der Waals surface area contributed by atoms with Gasteiger partial charge in [0.15, 0.2) is 5.54 Å². The average molecular weight is 661 g/mol. The first-order valence-corrected chi connectivity index (χ1v) is 17.0. The van der Waals surface area contributed by atoms with E-state index in [1.54, 1.807) is 4.80 Å². The Morgan fingerprint density at radius 2 is 1.18 bits per heavy atom. The summed E-state index contributed by atoms with van der Waals surface area (Å²) in [6, 6.07) is 50.0. The number of aromatic nitrogens is 5. The van der Waals surface area contributed by atoms with Crippen molar-refractivity contribution >= 4 is 23.0 Å². The van der Waals surface area contributed by atoms with Crippen LogP contribution >= 0.6 is 11.6 Å². The van der Waals surface area contributed by atoms with E-state index in [9.17, 15) is 0 Å². The highest BCUT2D eigenvalue weighted by Gasteiger charge is 2.41. The van der Waals surface area contributed by atoms with Gasteiger partial charge in [-0.2, -0.15) is 0 Å². The normalized spacial score (nSPS) is 11.4. The number of tetrazole rings is 1. The zero-order chi connectivity index (χ0) is 33.8. The zero-order valence-corrected chi connectivity index (χ0v) is 28.6. The third-order valence-corrected chi connectivity index (χ3v) is 9.55. The van der Waals surface area contributed by atoms with E-state index < -0.39 is 5.54 Å². The molecular weight excluding hydrogens is 624 g/mol. The molecule has 0 radical (unpaired) electrons. The molecule has 0 aliphatic rings. The van der Waals surface area contributed by atoms with Crippen molar-refractivity contribution in [3.05, 3.63) is 179 Å². The van der Waals surface area contributed by atoms with Gasteiger partial charge in [-0.15, -0.1) is 15.0 Å². The number of halogens is 1. The summed E-state index contributed by atoms with van der Waals surface area (Å²) in [6.07, 6.45) is 1.63. The maximum Gasteiger partial charge on any atom is 0.205 e. The molecule has 5 aromatic carbocycles. The number of aryl methyl sites for hydroxylation is 2. The van der Waals surface area contributed by atoms with Crippen molar-refractivity contribution in [2.45, 2.75) is 32.2 Å². The third-order valence-electron chi connectivity index (χ3n) is 9.14. The summed E-state index contributed by atoms with van der Waals surface area (Å²) in [5, 5.41) is 15.3. The minimum absolute atomic E-state index is 0.548. The van der Waals surface area contributed by atoms with E-state index in [4.69, 9.17) is 32.0 Å². The fraction of sp³-hybridized carbons (Fsp3) is 0.143. The summed E-state index contributed by atoms with van der Waals surface area (Å²) in [5.41, 5.74) is 9.17. The van der Waals surface area contributed by atoms with Gasteiger partial charge in [0.25, 0.3) is 0 Å². The van der Waals surface area contributed by atoms with Crippen molar-refractivity contribution in [2.75, 3.05) is 11.9 Å². The molecule has 0 N–H and O–H groups in total. The summed E-state index contributed by atoms with van der Waals surface area (Å²) in [7, 11) is 2.05. The van der Waals surface area contributed by atoms with Gasteiger partial charge in [0.05, 0.1) is 16.4 Å². The molecule has 2 aromatic heterocycles. The van der Waals surface area contributed by atoms with Crippen molar-refractivity contribution in [1.82, 2.24) is 25.2 Å². The SMILES string of the molecule is CCc1cc(N(C)c2ccc(-c3ccccc3-c3nnn(C(c4ccccc4)(c4ccccc4)c4ccccc4)n3)cc2)c(Cl)c(CC)n1. The molecule has 7 heteroatoms. The minimum atomic E-state index is -0.847. The van der Waals surface area contributed by atoms with Crippen LogP contribution in [0.2, 0.25) is 5.02 Å². The van der Waals surface area contributed by atoms with Crippen LogP contribution in [-0.2, 0) is 18.4 Å². The smallest absolute Gasteiger partial charge is 0.205 e. The molecule has 0 aliphatic carbocycles. The Hall–Kier alpha value is -5.59. The number of benzene rings is 5. The highest BCUT2D eigenvalue weighted by atomic mass is 35.5. The van der Waals surface area contributed by atoms with Gasteiger partial charge in [0.1, 0.15) is 0 Å². The van der Waals surface area contributed by atoms with Crippen LogP contribution in [0.3, 0.4) is 0 Å². The second-order valence-corrected chi connectivity index (χ2v) is 12.3. The predicted molar refractivity (Wildman–Crippen MR) is 199 cm³/mol. The van der Waals surface area contributed by atoms with Crippen molar-refractivity contribution < 1.29 is 0 Å². The lowest BCUT2D eigenvalue weighted by atomic mass is 9.77. The van der Waals surface area contributed by atoms with E-state index in [1.807, 2.05) is 37.4 Å². The van der Waals surface area contributed by atoms with Gasteiger partial charge in [-0.3, -0.25) is 4.98 Å². The van der Waals surface area contributed by atoms with Gasteiger partial charge in [-0.05, 0) is 64.1 Å². The topological polar surface area (TPSA) is 59.7 Å². The number of nitrogens with zero attached hydrogens (tertiary/aromatic N) is 6. The monoisotopic (exact) mass is 660 g/mol. The summed E-state index contributed by atoms with van der Waals surface area (Å²) < 4.78 is 0. The highest BCUT2D eigenvalue weighted by Crippen LogP contribution is 2.41. The van der Waals surface area contributed by atoms with E-state index in [1.165, 1.54) is 0 Å². The maximum atomic E-state index is 6.82. The molecule has 0 saturated heterocycles. The first kappa shape index (κ1) is 32.0. The minimum Gasteiger partial charge on any atom is -0.343 e. The van der Waals surface area contributed by atoms with Gasteiger partial charge in [0, 0.05) is 24.0 Å². The molecule has 0 unspecified atom stereocenters. The third kappa shape index (κ3) is 5.89. The maximum absolute atomic E-state index is 6.82. The van der Waals surface area contributed by atoms with Gasteiger partial charge >= 0.3 is 0 Å². The quantitative estimate of drug-likeness (QED) is 0.137. The lowest BCUT2D eigenvalue weighted by molar-refractivity contribution is 0.396. The molecule has 0 atom stereocenters. The number of hydrogen-bond acceptors (Lipinski definition) is 5. The highest BCUT2D eigenvalue weighted by molar-refractivity contribution is 6.34. The first-order valence-electron chi connectivity index (χ1n) is 16.6. The zero-order valence-electron chi connectivity index (χ0n) is 27.8. The molecule has 242 valence electrons. The average Bonchev–Trinajstić information content (AvgIpc) is 3.67. The van der Waals surface area contributed by atoms with Gasteiger partial charge in [-0.25, -0.2) is 0 Å². The molecule has 0 saturated carbocycles. The van der Waals surface area contributed by atoms with Crippen molar-refractivity contribution in [3.8, 4) is 22.5 Å². The lowest BCUT2D eigenvalue weighted by Gasteiger charge is -2.34. The van der Waals surface area contributed by atoms with Crippen LogP contribution in [0.4, 0.5) is 11.4 Å². The molecular formula is C42H37ClN6. The summed E-state index contributed by atoms with van der Waals surface area (Å²) in [5.74, 6) is 0.548. The first-order chi connectivity index (χ1) is 24.0. The summed E-state index contributed by atoms with van der Waals surface area (Å²) in [6.45, 7) is 4.20. The van der Waals surface area contributed by atoms with Crippen LogP contribution in [0.5, 0.6) is 0 Å². The van der Waals surface area contributed by atoms with Gasteiger partial charge < -0.3 is 4.90 Å². The molecule has 0 aliphatic heterocycles. The molecule has 2 heterocycles. The number of rotatable bonds is 10. The predicted octanol–water partition coefficient (Wildman–Crippen LogP) is 9.79. The van der Waals surface area contributed by atoms with Gasteiger partial charge in [-0.1, -0.05) is 153 Å². The Labute approximate surface area is 292 Å². The van der Waals surface area contributed by atoms with E-state index in [-0.39, 0.29) is 0 Å². The molecule has 0 amide bonds. The van der Waals surface area contributed by atoms with E-state index >= 15 is 0 Å².